The summed E-state index contributed by atoms with van der Waals surface area (Å²) < 4.78 is 10.9. The van der Waals surface area contributed by atoms with Crippen molar-refractivity contribution in [1.82, 2.24) is 0 Å². The van der Waals surface area contributed by atoms with Crippen LogP contribution in [0.5, 0.6) is 11.5 Å². The number of carbonyl (C=O) groups is 1. The summed E-state index contributed by atoms with van der Waals surface area (Å²) in [5.74, 6) is 1.17. The van der Waals surface area contributed by atoms with E-state index in [1.54, 1.807) is 24.3 Å². The average molecular weight is 269 g/mol. The fraction of sp³-hybridized carbons (Fsp3) is 0.188. The van der Waals surface area contributed by atoms with E-state index in [2.05, 4.69) is 0 Å². The topological polar surface area (TPSA) is 61.5 Å². The van der Waals surface area contributed by atoms with E-state index in [9.17, 15) is 4.79 Å². The van der Waals surface area contributed by atoms with Gasteiger partial charge in [-0.05, 0) is 36.8 Å². The number of nitrogens with two attached hydrogens (primary N) is 1. The van der Waals surface area contributed by atoms with Crippen LogP contribution in [-0.4, -0.2) is 19.0 Å². The Morgan fingerprint density at radius 2 is 1.85 bits per heavy atom. The predicted octanol–water partition coefficient (Wildman–Crippen LogP) is 2.58. The molecule has 2 aromatic carbocycles. The van der Waals surface area contributed by atoms with Crippen molar-refractivity contribution in [3.8, 4) is 11.5 Å². The summed E-state index contributed by atoms with van der Waals surface area (Å²) in [6.45, 7) is 2.91. The lowest BCUT2D eigenvalue weighted by Gasteiger charge is -2.18. The number of carbonyl (C=O) groups excluding carboxylic acids is 1. The molecule has 0 fully saturated rings. The molecule has 0 spiro atoms. The fourth-order valence-electron chi connectivity index (χ4n) is 2.22. The average Bonchev–Trinajstić information content (AvgIpc) is 2.49. The molecule has 20 heavy (non-hydrogen) atoms. The van der Waals surface area contributed by atoms with Crippen LogP contribution < -0.4 is 15.2 Å². The third-order valence-corrected chi connectivity index (χ3v) is 3.37. The number of aryl methyl sites for hydroxylation is 1. The first-order valence-electron chi connectivity index (χ1n) is 6.46. The highest BCUT2D eigenvalue weighted by Gasteiger charge is 2.17. The largest absolute Gasteiger partial charge is 0.486 e. The smallest absolute Gasteiger partial charge is 0.195 e. The van der Waals surface area contributed by atoms with Crippen LogP contribution in [0, 0.1) is 6.92 Å². The van der Waals surface area contributed by atoms with E-state index in [1.807, 2.05) is 19.1 Å². The maximum atomic E-state index is 12.5. The van der Waals surface area contributed by atoms with E-state index in [1.165, 1.54) is 0 Å². The Morgan fingerprint density at radius 1 is 1.10 bits per heavy atom. The fourth-order valence-corrected chi connectivity index (χ4v) is 2.22. The molecule has 0 bridgehead atoms. The van der Waals surface area contributed by atoms with Gasteiger partial charge >= 0.3 is 0 Å². The second-order valence-electron chi connectivity index (χ2n) is 4.72. The van der Waals surface area contributed by atoms with E-state index < -0.39 is 0 Å². The summed E-state index contributed by atoms with van der Waals surface area (Å²) >= 11 is 0. The molecule has 1 aliphatic heterocycles. The Labute approximate surface area is 117 Å². The standard InChI is InChI=1S/C16H15NO3/c1-10-3-2-4-12(15(10)17)16(18)11-5-6-13-14(9-11)20-8-7-19-13/h2-6,9H,7-8,17H2,1H3. The molecule has 0 saturated heterocycles. The van der Waals surface area contributed by atoms with Crippen molar-refractivity contribution in [2.75, 3.05) is 18.9 Å². The second kappa shape index (κ2) is 4.89. The Balaban J connectivity index is 2.00. The second-order valence-corrected chi connectivity index (χ2v) is 4.72. The molecule has 1 heterocycles. The van der Waals surface area contributed by atoms with E-state index in [0.717, 1.165) is 5.56 Å². The monoisotopic (exact) mass is 269 g/mol. The van der Waals surface area contributed by atoms with Crippen molar-refractivity contribution in [3.63, 3.8) is 0 Å². The zero-order chi connectivity index (χ0) is 14.1. The van der Waals surface area contributed by atoms with Crippen molar-refractivity contribution in [3.05, 3.63) is 53.1 Å². The number of fused-ring (bicyclic) bond motifs is 1. The molecule has 0 radical (unpaired) electrons. The van der Waals surface area contributed by atoms with Gasteiger partial charge in [-0.3, -0.25) is 4.79 Å². The van der Waals surface area contributed by atoms with Crippen molar-refractivity contribution < 1.29 is 14.3 Å². The highest BCUT2D eigenvalue weighted by molar-refractivity contribution is 6.12. The van der Waals surface area contributed by atoms with Gasteiger partial charge in [0.15, 0.2) is 17.3 Å². The van der Waals surface area contributed by atoms with Crippen LogP contribution in [0.25, 0.3) is 0 Å². The van der Waals surface area contributed by atoms with Crippen LogP contribution in [0.3, 0.4) is 0 Å². The molecule has 0 unspecified atom stereocenters. The first-order chi connectivity index (χ1) is 9.66. The number of ether oxygens (including phenoxy) is 2. The summed E-state index contributed by atoms with van der Waals surface area (Å²) in [5, 5.41) is 0. The molecule has 3 rings (SSSR count). The maximum absolute atomic E-state index is 12.5. The van der Waals surface area contributed by atoms with Crippen LogP contribution >= 0.6 is 0 Å². The van der Waals surface area contributed by atoms with Crippen molar-refractivity contribution >= 4 is 11.5 Å². The van der Waals surface area contributed by atoms with Crippen molar-refractivity contribution in [2.24, 2.45) is 0 Å². The molecule has 4 nitrogen and oxygen atoms in total. The number of benzene rings is 2. The highest BCUT2D eigenvalue weighted by Crippen LogP contribution is 2.32. The molecule has 102 valence electrons. The first kappa shape index (κ1) is 12.5. The molecule has 0 amide bonds. The molecule has 2 aromatic rings. The number of rotatable bonds is 2. The molecular weight excluding hydrogens is 254 g/mol. The normalized spacial score (nSPS) is 13.1. The van der Waals surface area contributed by atoms with Gasteiger partial charge in [0.05, 0.1) is 0 Å². The Hall–Kier alpha value is -2.49. The molecule has 0 saturated carbocycles. The van der Waals surface area contributed by atoms with Gasteiger partial charge in [0.2, 0.25) is 0 Å². The minimum Gasteiger partial charge on any atom is -0.486 e. The minimum absolute atomic E-state index is 0.108. The van der Waals surface area contributed by atoms with Gasteiger partial charge in [0.25, 0.3) is 0 Å². The van der Waals surface area contributed by atoms with E-state index >= 15 is 0 Å². The van der Waals surface area contributed by atoms with Gasteiger partial charge < -0.3 is 15.2 Å². The lowest BCUT2D eigenvalue weighted by Crippen LogP contribution is -2.16. The maximum Gasteiger partial charge on any atom is 0.195 e. The Kier molecular flexibility index (Phi) is 3.06. The highest BCUT2D eigenvalue weighted by atomic mass is 16.6. The minimum atomic E-state index is -0.108. The number of hydrogen-bond acceptors (Lipinski definition) is 4. The van der Waals surface area contributed by atoms with Crippen LogP contribution in [0.15, 0.2) is 36.4 Å². The number of ketones is 1. The van der Waals surface area contributed by atoms with Gasteiger partial charge in [-0.2, -0.15) is 0 Å². The van der Waals surface area contributed by atoms with Gasteiger partial charge in [-0.25, -0.2) is 0 Å². The van der Waals surface area contributed by atoms with Crippen LogP contribution in [-0.2, 0) is 0 Å². The van der Waals surface area contributed by atoms with Crippen LogP contribution in [0.2, 0.25) is 0 Å². The molecule has 0 aliphatic carbocycles. The molecule has 0 atom stereocenters. The summed E-state index contributed by atoms with van der Waals surface area (Å²) in [5.41, 5.74) is 8.46. The first-order valence-corrected chi connectivity index (χ1v) is 6.46. The summed E-state index contributed by atoms with van der Waals surface area (Å²) in [7, 11) is 0. The summed E-state index contributed by atoms with van der Waals surface area (Å²) in [6.07, 6.45) is 0. The quantitative estimate of drug-likeness (QED) is 0.672. The van der Waals surface area contributed by atoms with Crippen molar-refractivity contribution in [1.29, 1.82) is 0 Å². The summed E-state index contributed by atoms with van der Waals surface area (Å²) in [4.78, 5) is 12.5. The number of anilines is 1. The Bertz CT molecular complexity index is 679. The molecule has 1 aliphatic rings. The molecule has 0 aromatic heterocycles. The summed E-state index contributed by atoms with van der Waals surface area (Å²) in [6, 6.07) is 10.7. The lowest BCUT2D eigenvalue weighted by molar-refractivity contribution is 0.103. The predicted molar refractivity (Wildman–Crippen MR) is 76.5 cm³/mol. The third-order valence-electron chi connectivity index (χ3n) is 3.37. The lowest BCUT2D eigenvalue weighted by atomic mass is 9.99. The molecular formula is C16H15NO3. The zero-order valence-corrected chi connectivity index (χ0v) is 11.2. The molecule has 4 heteroatoms. The van der Waals surface area contributed by atoms with E-state index in [4.69, 9.17) is 15.2 Å². The van der Waals surface area contributed by atoms with Gasteiger partial charge in [0, 0.05) is 16.8 Å². The van der Waals surface area contributed by atoms with E-state index in [-0.39, 0.29) is 5.78 Å². The van der Waals surface area contributed by atoms with Gasteiger partial charge in [0.1, 0.15) is 13.2 Å². The third kappa shape index (κ3) is 2.09. The van der Waals surface area contributed by atoms with Gasteiger partial charge in [-0.1, -0.05) is 12.1 Å². The van der Waals surface area contributed by atoms with E-state index in [0.29, 0.717) is 41.5 Å². The van der Waals surface area contributed by atoms with Gasteiger partial charge in [-0.15, -0.1) is 0 Å². The SMILES string of the molecule is Cc1cccc(C(=O)c2ccc3c(c2)OCCO3)c1N. The van der Waals surface area contributed by atoms with Crippen LogP contribution in [0.1, 0.15) is 21.5 Å². The number of nitrogen functional groups attached to an aromatic ring is 1. The number of hydrogen-bond donors (Lipinski definition) is 1. The van der Waals surface area contributed by atoms with Crippen molar-refractivity contribution in [2.45, 2.75) is 6.92 Å². The van der Waals surface area contributed by atoms with Crippen LogP contribution in [0.4, 0.5) is 5.69 Å². The Morgan fingerprint density at radius 3 is 2.65 bits per heavy atom. The molecule has 2 N–H and O–H groups in total. The number of para-hydroxylation sites is 1. The zero-order valence-electron chi connectivity index (χ0n) is 11.2.